The van der Waals surface area contributed by atoms with Crippen molar-refractivity contribution in [3.05, 3.63) is 29.6 Å². The van der Waals surface area contributed by atoms with Gasteiger partial charge in [-0.05, 0) is 37.2 Å². The summed E-state index contributed by atoms with van der Waals surface area (Å²) < 4.78 is 18.4. The molecule has 0 bridgehead atoms. The number of aliphatic hydroxyl groups is 1. The first-order valence-electron chi connectivity index (χ1n) is 5.76. The summed E-state index contributed by atoms with van der Waals surface area (Å²) in [5.41, 5.74) is -0.0409. The van der Waals surface area contributed by atoms with Crippen LogP contribution in [0.25, 0.3) is 0 Å². The number of ether oxygens (including phenoxy) is 1. The molecule has 0 aliphatic carbocycles. The molecule has 94 valence electrons. The van der Waals surface area contributed by atoms with E-state index in [-0.39, 0.29) is 5.82 Å². The van der Waals surface area contributed by atoms with E-state index in [1.165, 1.54) is 12.1 Å². The monoisotopic (exact) mass is 239 g/mol. The molecule has 3 nitrogen and oxygen atoms in total. The van der Waals surface area contributed by atoms with Gasteiger partial charge in [-0.15, -0.1) is 0 Å². The number of benzene rings is 1. The molecule has 1 heterocycles. The fourth-order valence-corrected chi connectivity index (χ4v) is 2.44. The zero-order chi connectivity index (χ0) is 12.5. The molecular formula is C13H18FNO2. The van der Waals surface area contributed by atoms with Crippen molar-refractivity contribution < 1.29 is 14.2 Å². The quantitative estimate of drug-likeness (QED) is 0.866. The minimum atomic E-state index is -0.768. The van der Waals surface area contributed by atoms with Crippen molar-refractivity contribution in [2.24, 2.45) is 0 Å². The van der Waals surface area contributed by atoms with E-state index in [1.807, 2.05) is 7.05 Å². The molecule has 1 aromatic rings. The Morgan fingerprint density at radius 1 is 1.53 bits per heavy atom. The van der Waals surface area contributed by atoms with Crippen LogP contribution in [0.4, 0.5) is 4.39 Å². The largest absolute Gasteiger partial charge is 0.496 e. The minimum absolute atomic E-state index is 0.296. The number of likely N-dealkylation sites (N-methyl/N-ethyl adjacent to an activating group) is 1. The summed E-state index contributed by atoms with van der Waals surface area (Å²) in [5, 5.41) is 10.4. The van der Waals surface area contributed by atoms with Crippen molar-refractivity contribution in [2.75, 3.05) is 27.2 Å². The van der Waals surface area contributed by atoms with E-state index in [4.69, 9.17) is 4.74 Å². The summed E-state index contributed by atoms with van der Waals surface area (Å²) in [4.78, 5) is 2.08. The molecule has 1 atom stereocenters. The van der Waals surface area contributed by atoms with Crippen LogP contribution in [0.5, 0.6) is 5.75 Å². The molecule has 2 rings (SSSR count). The first-order chi connectivity index (χ1) is 8.02. The molecule has 0 aromatic heterocycles. The molecule has 0 spiro atoms. The summed E-state index contributed by atoms with van der Waals surface area (Å²) in [5.74, 6) is 0.338. The Bertz CT molecular complexity index is 410. The van der Waals surface area contributed by atoms with Gasteiger partial charge in [-0.1, -0.05) is 0 Å². The van der Waals surface area contributed by atoms with Crippen molar-refractivity contribution in [1.29, 1.82) is 0 Å². The van der Waals surface area contributed by atoms with Crippen LogP contribution in [-0.2, 0) is 6.42 Å². The number of methoxy groups -OCH3 is 1. The molecule has 0 saturated carbocycles. The van der Waals surface area contributed by atoms with Crippen molar-refractivity contribution >= 4 is 0 Å². The fourth-order valence-electron chi connectivity index (χ4n) is 2.44. The number of hydrogen-bond acceptors (Lipinski definition) is 3. The maximum Gasteiger partial charge on any atom is 0.123 e. The van der Waals surface area contributed by atoms with Crippen LogP contribution in [0.3, 0.4) is 0 Å². The Morgan fingerprint density at radius 3 is 2.88 bits per heavy atom. The molecule has 1 aliphatic rings. The summed E-state index contributed by atoms with van der Waals surface area (Å²) in [7, 11) is 3.53. The Morgan fingerprint density at radius 2 is 2.29 bits per heavy atom. The van der Waals surface area contributed by atoms with Crippen LogP contribution in [0.2, 0.25) is 0 Å². The number of likely N-dealkylation sites (tertiary alicyclic amines) is 1. The molecule has 1 saturated heterocycles. The van der Waals surface area contributed by atoms with Gasteiger partial charge in [0.15, 0.2) is 0 Å². The first-order valence-corrected chi connectivity index (χ1v) is 5.76. The van der Waals surface area contributed by atoms with E-state index in [9.17, 15) is 9.50 Å². The SMILES string of the molecule is COc1ccc(F)cc1CC1(O)CCN(C)C1. The highest BCUT2D eigenvalue weighted by Crippen LogP contribution is 2.29. The van der Waals surface area contributed by atoms with Crippen molar-refractivity contribution in [3.8, 4) is 5.75 Å². The number of nitrogens with zero attached hydrogens (tertiary/aromatic N) is 1. The predicted octanol–water partition coefficient (Wildman–Crippen LogP) is 1.44. The summed E-state index contributed by atoms with van der Waals surface area (Å²) in [6.45, 7) is 1.49. The van der Waals surface area contributed by atoms with Gasteiger partial charge < -0.3 is 14.7 Å². The van der Waals surface area contributed by atoms with E-state index in [0.29, 0.717) is 25.1 Å². The standard InChI is InChI=1S/C13H18FNO2/c1-15-6-5-13(16,9-15)8-10-7-11(14)3-4-12(10)17-2/h3-4,7,16H,5-6,8-9H2,1-2H3. The van der Waals surface area contributed by atoms with Gasteiger partial charge in [-0.2, -0.15) is 0 Å². The molecular weight excluding hydrogens is 221 g/mol. The molecule has 17 heavy (non-hydrogen) atoms. The average molecular weight is 239 g/mol. The predicted molar refractivity (Wildman–Crippen MR) is 63.7 cm³/mol. The molecule has 0 radical (unpaired) electrons. The molecule has 4 heteroatoms. The Labute approximate surface area is 101 Å². The van der Waals surface area contributed by atoms with Gasteiger partial charge >= 0.3 is 0 Å². The van der Waals surface area contributed by atoms with Crippen LogP contribution < -0.4 is 4.74 Å². The van der Waals surface area contributed by atoms with Crippen molar-refractivity contribution in [3.63, 3.8) is 0 Å². The van der Waals surface area contributed by atoms with Crippen molar-refractivity contribution in [1.82, 2.24) is 4.90 Å². The second-order valence-corrected chi connectivity index (χ2v) is 4.85. The lowest BCUT2D eigenvalue weighted by Gasteiger charge is -2.23. The maximum atomic E-state index is 13.2. The lowest BCUT2D eigenvalue weighted by atomic mass is 9.93. The molecule has 1 fully saturated rings. The van der Waals surface area contributed by atoms with E-state index < -0.39 is 5.60 Å². The average Bonchev–Trinajstić information content (AvgIpc) is 2.59. The topological polar surface area (TPSA) is 32.7 Å². The molecule has 0 amide bonds. The zero-order valence-corrected chi connectivity index (χ0v) is 10.2. The van der Waals surface area contributed by atoms with Crippen LogP contribution in [0.1, 0.15) is 12.0 Å². The molecule has 1 aromatic carbocycles. The lowest BCUT2D eigenvalue weighted by Crippen LogP contribution is -2.34. The van der Waals surface area contributed by atoms with E-state index in [2.05, 4.69) is 4.90 Å². The van der Waals surface area contributed by atoms with Gasteiger partial charge in [0.1, 0.15) is 11.6 Å². The molecule has 1 unspecified atom stereocenters. The van der Waals surface area contributed by atoms with Crippen LogP contribution in [0, 0.1) is 5.82 Å². The van der Waals surface area contributed by atoms with Gasteiger partial charge in [0.25, 0.3) is 0 Å². The first kappa shape index (κ1) is 12.3. The number of β-amino-alcohol motifs (C(OH)–C–C–N with tert-alkyl or cyclic N) is 1. The van der Waals surface area contributed by atoms with Crippen molar-refractivity contribution in [2.45, 2.75) is 18.4 Å². The highest BCUT2D eigenvalue weighted by Gasteiger charge is 2.35. The normalized spacial score (nSPS) is 25.2. The van der Waals surface area contributed by atoms with Crippen LogP contribution in [0.15, 0.2) is 18.2 Å². The smallest absolute Gasteiger partial charge is 0.123 e. The minimum Gasteiger partial charge on any atom is -0.496 e. The van der Waals surface area contributed by atoms with Gasteiger partial charge in [0.2, 0.25) is 0 Å². The van der Waals surface area contributed by atoms with Gasteiger partial charge in [0.05, 0.1) is 12.7 Å². The van der Waals surface area contributed by atoms with E-state index in [0.717, 1.165) is 12.1 Å². The zero-order valence-electron chi connectivity index (χ0n) is 10.2. The third-order valence-corrected chi connectivity index (χ3v) is 3.29. The highest BCUT2D eigenvalue weighted by molar-refractivity contribution is 5.35. The number of rotatable bonds is 3. The lowest BCUT2D eigenvalue weighted by molar-refractivity contribution is 0.0517. The summed E-state index contributed by atoms with van der Waals surface area (Å²) >= 11 is 0. The molecule has 1 aliphatic heterocycles. The highest BCUT2D eigenvalue weighted by atomic mass is 19.1. The third-order valence-electron chi connectivity index (χ3n) is 3.29. The Kier molecular flexibility index (Phi) is 3.35. The third kappa shape index (κ3) is 2.76. The molecule has 1 N–H and O–H groups in total. The maximum absolute atomic E-state index is 13.2. The summed E-state index contributed by atoms with van der Waals surface area (Å²) in [6, 6.07) is 4.41. The summed E-state index contributed by atoms with van der Waals surface area (Å²) in [6.07, 6.45) is 1.14. The number of halogens is 1. The second-order valence-electron chi connectivity index (χ2n) is 4.85. The van der Waals surface area contributed by atoms with Gasteiger partial charge in [-0.25, -0.2) is 4.39 Å². The van der Waals surface area contributed by atoms with E-state index >= 15 is 0 Å². The second kappa shape index (κ2) is 4.63. The van der Waals surface area contributed by atoms with Crippen LogP contribution >= 0.6 is 0 Å². The Hall–Kier alpha value is -1.13. The Balaban J connectivity index is 2.20. The van der Waals surface area contributed by atoms with E-state index in [1.54, 1.807) is 13.2 Å². The van der Waals surface area contributed by atoms with Crippen LogP contribution in [-0.4, -0.2) is 42.9 Å². The number of hydrogen-bond donors (Lipinski definition) is 1. The fraction of sp³-hybridized carbons (Fsp3) is 0.538. The van der Waals surface area contributed by atoms with Gasteiger partial charge in [0, 0.05) is 19.5 Å². The van der Waals surface area contributed by atoms with Gasteiger partial charge in [-0.3, -0.25) is 0 Å².